The lowest BCUT2D eigenvalue weighted by Gasteiger charge is -2.25. The number of aromatic nitrogens is 1. The molecule has 5 heteroatoms. The average molecular weight is 278 g/mol. The predicted octanol–water partition coefficient (Wildman–Crippen LogP) is 2.78. The fourth-order valence-corrected chi connectivity index (χ4v) is 2.47. The molecule has 0 spiro atoms. The molecule has 0 saturated heterocycles. The topological polar surface area (TPSA) is 76.4 Å². The molecule has 2 rings (SSSR count). The first-order valence-corrected chi connectivity index (χ1v) is 7.72. The molecular formula is C15H26N4O. The number of hydrogen-bond acceptors (Lipinski definition) is 3. The van der Waals surface area contributed by atoms with E-state index >= 15 is 0 Å². The minimum Gasteiger partial charge on any atom is -0.370 e. The summed E-state index contributed by atoms with van der Waals surface area (Å²) in [7, 11) is 0. The second kappa shape index (κ2) is 7.31. The van der Waals surface area contributed by atoms with Crippen molar-refractivity contribution in [2.75, 3.05) is 6.54 Å². The molecule has 1 heterocycles. The van der Waals surface area contributed by atoms with Crippen LogP contribution >= 0.6 is 0 Å². The molecule has 1 aromatic heterocycles. The zero-order valence-corrected chi connectivity index (χ0v) is 12.6. The first-order chi connectivity index (χ1) is 9.72. The fraction of sp³-hybridized carbons (Fsp3) is 0.733. The number of rotatable bonds is 7. The normalized spacial score (nSPS) is 16.4. The lowest BCUT2D eigenvalue weighted by atomic mass is 9.85. The van der Waals surface area contributed by atoms with Crippen LogP contribution in [0, 0.1) is 5.92 Å². The summed E-state index contributed by atoms with van der Waals surface area (Å²) in [5, 5.41) is 7.30. The van der Waals surface area contributed by atoms with Gasteiger partial charge in [0.25, 0.3) is 0 Å². The molecule has 1 aliphatic rings. The molecule has 3 N–H and O–H groups in total. The molecule has 0 radical (unpaired) electrons. The SMILES string of the molecule is CCC(CC)c1cc(CN=C(N)NCC2CCC2)on1. The van der Waals surface area contributed by atoms with Gasteiger partial charge in [-0.3, -0.25) is 0 Å². The van der Waals surface area contributed by atoms with E-state index in [4.69, 9.17) is 10.3 Å². The Kier molecular flexibility index (Phi) is 5.44. The Morgan fingerprint density at radius 1 is 1.50 bits per heavy atom. The second-order valence-corrected chi connectivity index (χ2v) is 5.61. The predicted molar refractivity (Wildman–Crippen MR) is 80.5 cm³/mol. The molecule has 0 aromatic carbocycles. The van der Waals surface area contributed by atoms with E-state index in [9.17, 15) is 0 Å². The highest BCUT2D eigenvalue weighted by Gasteiger charge is 2.17. The van der Waals surface area contributed by atoms with Gasteiger partial charge in [-0.15, -0.1) is 0 Å². The Bertz CT molecular complexity index is 433. The molecule has 5 nitrogen and oxygen atoms in total. The van der Waals surface area contributed by atoms with E-state index in [1.807, 2.05) is 6.07 Å². The Morgan fingerprint density at radius 3 is 2.85 bits per heavy atom. The maximum absolute atomic E-state index is 5.84. The maximum atomic E-state index is 5.84. The van der Waals surface area contributed by atoms with Gasteiger partial charge in [-0.25, -0.2) is 4.99 Å². The van der Waals surface area contributed by atoms with Gasteiger partial charge >= 0.3 is 0 Å². The first kappa shape index (κ1) is 14.9. The van der Waals surface area contributed by atoms with Crippen LogP contribution in [0.1, 0.15) is 63.3 Å². The Morgan fingerprint density at radius 2 is 2.25 bits per heavy atom. The third-order valence-electron chi connectivity index (χ3n) is 4.18. The minimum absolute atomic E-state index is 0.455. The van der Waals surface area contributed by atoms with Gasteiger partial charge in [0.2, 0.25) is 0 Å². The van der Waals surface area contributed by atoms with Gasteiger partial charge in [0.1, 0.15) is 6.54 Å². The Balaban J connectivity index is 1.80. The Hall–Kier alpha value is -1.52. The highest BCUT2D eigenvalue weighted by Crippen LogP contribution is 2.25. The van der Waals surface area contributed by atoms with Crippen LogP contribution in [0.4, 0.5) is 0 Å². The third kappa shape index (κ3) is 3.99. The van der Waals surface area contributed by atoms with Crippen molar-refractivity contribution < 1.29 is 4.52 Å². The monoisotopic (exact) mass is 278 g/mol. The highest BCUT2D eigenvalue weighted by molar-refractivity contribution is 5.77. The highest BCUT2D eigenvalue weighted by atomic mass is 16.5. The second-order valence-electron chi connectivity index (χ2n) is 5.61. The summed E-state index contributed by atoms with van der Waals surface area (Å²) >= 11 is 0. The number of nitrogens with zero attached hydrogens (tertiary/aromatic N) is 2. The average Bonchev–Trinajstić information content (AvgIpc) is 2.85. The van der Waals surface area contributed by atoms with Crippen molar-refractivity contribution in [2.45, 2.75) is 58.4 Å². The van der Waals surface area contributed by atoms with Crippen molar-refractivity contribution in [1.82, 2.24) is 10.5 Å². The van der Waals surface area contributed by atoms with Gasteiger partial charge in [0.15, 0.2) is 11.7 Å². The largest absolute Gasteiger partial charge is 0.370 e. The van der Waals surface area contributed by atoms with Crippen LogP contribution in [-0.4, -0.2) is 17.7 Å². The van der Waals surface area contributed by atoms with Crippen molar-refractivity contribution in [2.24, 2.45) is 16.6 Å². The van der Waals surface area contributed by atoms with Crippen LogP contribution in [0.25, 0.3) is 0 Å². The van der Waals surface area contributed by atoms with E-state index < -0.39 is 0 Å². The quantitative estimate of drug-likeness (QED) is 0.594. The molecule has 0 atom stereocenters. The molecule has 1 aliphatic carbocycles. The molecule has 0 amide bonds. The summed E-state index contributed by atoms with van der Waals surface area (Å²) in [6.07, 6.45) is 6.12. The van der Waals surface area contributed by atoms with E-state index in [1.54, 1.807) is 0 Å². The molecule has 0 aliphatic heterocycles. The number of aliphatic imine (C=N–C) groups is 1. The molecular weight excluding hydrogens is 252 g/mol. The van der Waals surface area contributed by atoms with Crippen LogP contribution in [0.15, 0.2) is 15.6 Å². The van der Waals surface area contributed by atoms with E-state index in [0.29, 0.717) is 18.4 Å². The Labute approximate surface area is 121 Å². The van der Waals surface area contributed by atoms with Crippen LogP contribution in [0.3, 0.4) is 0 Å². The van der Waals surface area contributed by atoms with Gasteiger partial charge < -0.3 is 15.6 Å². The van der Waals surface area contributed by atoms with Gasteiger partial charge in [0, 0.05) is 18.5 Å². The molecule has 1 fully saturated rings. The zero-order valence-electron chi connectivity index (χ0n) is 12.6. The number of guanidine groups is 1. The summed E-state index contributed by atoms with van der Waals surface area (Å²) in [5.74, 6) is 2.53. The van der Waals surface area contributed by atoms with Gasteiger partial charge in [-0.05, 0) is 31.6 Å². The van der Waals surface area contributed by atoms with Crippen molar-refractivity contribution in [3.05, 3.63) is 17.5 Å². The van der Waals surface area contributed by atoms with E-state index in [0.717, 1.165) is 36.8 Å². The van der Waals surface area contributed by atoms with E-state index in [-0.39, 0.29) is 0 Å². The van der Waals surface area contributed by atoms with Crippen molar-refractivity contribution in [3.8, 4) is 0 Å². The van der Waals surface area contributed by atoms with E-state index in [1.165, 1.54) is 19.3 Å². The number of hydrogen-bond donors (Lipinski definition) is 2. The lowest BCUT2D eigenvalue weighted by molar-refractivity contribution is 0.315. The van der Waals surface area contributed by atoms with Gasteiger partial charge in [-0.2, -0.15) is 0 Å². The first-order valence-electron chi connectivity index (χ1n) is 7.72. The van der Waals surface area contributed by atoms with Crippen molar-refractivity contribution >= 4 is 5.96 Å². The molecule has 20 heavy (non-hydrogen) atoms. The third-order valence-corrected chi connectivity index (χ3v) is 4.18. The van der Waals surface area contributed by atoms with Crippen LogP contribution in [-0.2, 0) is 6.54 Å². The molecule has 1 aromatic rings. The minimum atomic E-state index is 0.455. The summed E-state index contributed by atoms with van der Waals surface area (Å²) in [5.41, 5.74) is 6.87. The van der Waals surface area contributed by atoms with Crippen molar-refractivity contribution in [3.63, 3.8) is 0 Å². The molecule has 112 valence electrons. The maximum Gasteiger partial charge on any atom is 0.189 e. The lowest BCUT2D eigenvalue weighted by Crippen LogP contribution is -2.37. The summed E-state index contributed by atoms with van der Waals surface area (Å²) in [6.45, 7) is 5.73. The van der Waals surface area contributed by atoms with Gasteiger partial charge in [0.05, 0.1) is 5.69 Å². The van der Waals surface area contributed by atoms with E-state index in [2.05, 4.69) is 29.3 Å². The van der Waals surface area contributed by atoms with Crippen molar-refractivity contribution in [1.29, 1.82) is 0 Å². The summed E-state index contributed by atoms with van der Waals surface area (Å²) in [6, 6.07) is 2.00. The van der Waals surface area contributed by atoms with Crippen LogP contribution in [0.2, 0.25) is 0 Å². The summed E-state index contributed by atoms with van der Waals surface area (Å²) in [4.78, 5) is 4.30. The molecule has 0 unspecified atom stereocenters. The van der Waals surface area contributed by atoms with Gasteiger partial charge in [-0.1, -0.05) is 25.4 Å². The van der Waals surface area contributed by atoms with Crippen LogP contribution < -0.4 is 11.1 Å². The molecule has 0 bridgehead atoms. The standard InChI is InChI=1S/C15H26N4O/c1-3-12(4-2)14-8-13(20-19-14)10-18-15(16)17-9-11-6-5-7-11/h8,11-12H,3-7,9-10H2,1-2H3,(H3,16,17,18). The number of nitrogens with two attached hydrogens (primary N) is 1. The van der Waals surface area contributed by atoms with Crippen LogP contribution in [0.5, 0.6) is 0 Å². The molecule has 1 saturated carbocycles. The zero-order chi connectivity index (χ0) is 14.4. The smallest absolute Gasteiger partial charge is 0.189 e. The fourth-order valence-electron chi connectivity index (χ4n) is 2.47. The summed E-state index contributed by atoms with van der Waals surface area (Å²) < 4.78 is 5.32. The number of nitrogens with one attached hydrogen (secondary N) is 1.